The maximum atomic E-state index is 12.6. The van der Waals surface area contributed by atoms with Gasteiger partial charge in [0, 0.05) is 23.5 Å². The summed E-state index contributed by atoms with van der Waals surface area (Å²) in [6.45, 7) is 17.9. The molecule has 6 heteroatoms. The molecule has 1 aliphatic rings. The van der Waals surface area contributed by atoms with Crippen molar-refractivity contribution in [2.45, 2.75) is 100 Å². The lowest BCUT2D eigenvalue weighted by atomic mass is 9.88. The Morgan fingerprint density at radius 2 is 1.76 bits per heavy atom. The molecule has 0 saturated heterocycles. The number of benzene rings is 1. The first-order valence-corrected chi connectivity index (χ1v) is 13.2. The third kappa shape index (κ3) is 9.03. The van der Waals surface area contributed by atoms with Crippen LogP contribution in [0.3, 0.4) is 0 Å². The van der Waals surface area contributed by atoms with Crippen molar-refractivity contribution >= 4 is 11.6 Å². The van der Waals surface area contributed by atoms with Crippen LogP contribution in [0.5, 0.6) is 5.88 Å². The van der Waals surface area contributed by atoms with Gasteiger partial charge in [-0.1, -0.05) is 59.3 Å². The molecule has 0 spiro atoms. The summed E-state index contributed by atoms with van der Waals surface area (Å²) in [5.74, 6) is 1.53. The highest BCUT2D eigenvalue weighted by atomic mass is 16.5. The van der Waals surface area contributed by atoms with Gasteiger partial charge in [0.1, 0.15) is 0 Å². The Kier molecular flexibility index (Phi) is 14.1. The van der Waals surface area contributed by atoms with Crippen LogP contribution in [0.15, 0.2) is 12.1 Å². The van der Waals surface area contributed by atoms with Crippen molar-refractivity contribution in [3.63, 3.8) is 0 Å². The number of hydrogen-bond acceptors (Lipinski definition) is 4. The summed E-state index contributed by atoms with van der Waals surface area (Å²) in [4.78, 5) is 12.6. The fourth-order valence-corrected chi connectivity index (χ4v) is 4.22. The summed E-state index contributed by atoms with van der Waals surface area (Å²) in [5, 5.41) is 13.3. The van der Waals surface area contributed by atoms with Gasteiger partial charge in [-0.3, -0.25) is 9.89 Å². The van der Waals surface area contributed by atoms with Crippen LogP contribution in [-0.4, -0.2) is 29.3 Å². The summed E-state index contributed by atoms with van der Waals surface area (Å²) < 4.78 is 5.49. The molecule has 0 aliphatic heterocycles. The van der Waals surface area contributed by atoms with Gasteiger partial charge in [0.25, 0.3) is 5.91 Å². The number of anilines is 1. The first-order chi connectivity index (χ1) is 16.4. The van der Waals surface area contributed by atoms with Crippen LogP contribution in [0.2, 0.25) is 0 Å². The zero-order chi connectivity index (χ0) is 25.5. The Balaban J connectivity index is 0.000000483. The predicted molar refractivity (Wildman–Crippen MR) is 144 cm³/mol. The molecule has 6 nitrogen and oxygen atoms in total. The van der Waals surface area contributed by atoms with E-state index in [0.717, 1.165) is 40.5 Å². The van der Waals surface area contributed by atoms with Crippen molar-refractivity contribution in [1.82, 2.24) is 15.5 Å². The molecule has 1 saturated carbocycles. The van der Waals surface area contributed by atoms with Crippen LogP contribution >= 0.6 is 0 Å². The van der Waals surface area contributed by atoms with Crippen LogP contribution in [0.25, 0.3) is 0 Å². The van der Waals surface area contributed by atoms with Crippen LogP contribution in [0.1, 0.15) is 106 Å². The number of aromatic amines is 1. The molecule has 0 atom stereocenters. The molecular weight excluding hydrogens is 424 g/mol. The molecule has 1 heterocycles. The third-order valence-corrected chi connectivity index (χ3v) is 6.21. The molecule has 34 heavy (non-hydrogen) atoms. The number of carbonyl (C=O) groups is 1. The normalized spacial score (nSPS) is 13.2. The van der Waals surface area contributed by atoms with Gasteiger partial charge >= 0.3 is 0 Å². The molecule has 0 unspecified atom stereocenters. The zero-order valence-electron chi connectivity index (χ0n) is 22.9. The lowest BCUT2D eigenvalue weighted by Gasteiger charge is -2.18. The highest BCUT2D eigenvalue weighted by Gasteiger charge is 2.16. The van der Waals surface area contributed by atoms with Crippen molar-refractivity contribution in [1.29, 1.82) is 0 Å². The average molecular weight is 473 g/mol. The Morgan fingerprint density at radius 1 is 1.09 bits per heavy atom. The number of rotatable bonds is 8. The van der Waals surface area contributed by atoms with E-state index in [-0.39, 0.29) is 5.91 Å². The van der Waals surface area contributed by atoms with Crippen LogP contribution in [-0.2, 0) is 6.54 Å². The van der Waals surface area contributed by atoms with E-state index in [4.69, 9.17) is 4.74 Å². The van der Waals surface area contributed by atoms with E-state index in [0.29, 0.717) is 24.6 Å². The second-order valence-corrected chi connectivity index (χ2v) is 8.68. The van der Waals surface area contributed by atoms with E-state index in [1.807, 2.05) is 54.5 Å². The van der Waals surface area contributed by atoms with Gasteiger partial charge in [0.05, 0.1) is 18.7 Å². The van der Waals surface area contributed by atoms with Crippen LogP contribution < -0.4 is 15.4 Å². The predicted octanol–water partition coefficient (Wildman–Crippen LogP) is 7.10. The third-order valence-electron chi connectivity index (χ3n) is 6.21. The molecule has 1 fully saturated rings. The monoisotopic (exact) mass is 472 g/mol. The van der Waals surface area contributed by atoms with Gasteiger partial charge in [-0.2, -0.15) is 0 Å². The lowest BCUT2D eigenvalue weighted by Crippen LogP contribution is -2.24. The minimum Gasteiger partial charge on any atom is -0.477 e. The van der Waals surface area contributed by atoms with E-state index in [1.54, 1.807) is 0 Å². The van der Waals surface area contributed by atoms with E-state index >= 15 is 0 Å². The molecule has 2 aromatic rings. The number of aryl methyl sites for hydroxylation is 2. The Hall–Kier alpha value is -2.50. The highest BCUT2D eigenvalue weighted by Crippen LogP contribution is 2.25. The number of nitrogens with zero attached hydrogens (tertiary/aromatic N) is 1. The van der Waals surface area contributed by atoms with Crippen molar-refractivity contribution in [2.24, 2.45) is 5.92 Å². The zero-order valence-corrected chi connectivity index (χ0v) is 22.9. The quantitative estimate of drug-likeness (QED) is 0.383. The fourth-order valence-electron chi connectivity index (χ4n) is 4.22. The molecule has 1 amide bonds. The van der Waals surface area contributed by atoms with Gasteiger partial charge in [-0.15, -0.1) is 5.10 Å². The van der Waals surface area contributed by atoms with E-state index < -0.39 is 0 Å². The second-order valence-electron chi connectivity index (χ2n) is 8.68. The first kappa shape index (κ1) is 29.5. The summed E-state index contributed by atoms with van der Waals surface area (Å²) in [6, 6.07) is 3.97. The molecule has 0 radical (unpaired) electrons. The number of hydrogen-bond donors (Lipinski definition) is 3. The standard InChI is InChI=1S/C18H26N4O2.C8H16.C2H6/c1-6-19-16-9-11(3)8-14(12(16)4)17(23)20-10-15-13(5)21-22-18(15)24-7-2;1-2-8-6-4-3-5-7-8;1-2/h8-9,19H,6-7,10H2,1-5H3,(H,20,23)(H,21,22);8H,2-7H2,1H3;1-2H3. The molecule has 192 valence electrons. The fraction of sp³-hybridized carbons (Fsp3) is 0.643. The van der Waals surface area contributed by atoms with Crippen molar-refractivity contribution in [3.05, 3.63) is 40.1 Å². The van der Waals surface area contributed by atoms with E-state index in [1.165, 1.54) is 38.5 Å². The minimum atomic E-state index is -0.0987. The first-order valence-electron chi connectivity index (χ1n) is 13.2. The van der Waals surface area contributed by atoms with Crippen LogP contribution in [0.4, 0.5) is 5.69 Å². The van der Waals surface area contributed by atoms with Crippen molar-refractivity contribution in [2.75, 3.05) is 18.5 Å². The largest absolute Gasteiger partial charge is 0.477 e. The van der Waals surface area contributed by atoms with Gasteiger partial charge in [-0.25, -0.2) is 0 Å². The summed E-state index contributed by atoms with van der Waals surface area (Å²) in [6.07, 6.45) is 8.93. The van der Waals surface area contributed by atoms with E-state index in [9.17, 15) is 4.79 Å². The number of H-pyrrole nitrogens is 1. The number of nitrogens with one attached hydrogen (secondary N) is 3. The molecule has 0 bridgehead atoms. The number of amides is 1. The number of carbonyl (C=O) groups excluding carboxylic acids is 1. The number of aromatic nitrogens is 2. The molecule has 3 rings (SSSR count). The Labute approximate surface area is 207 Å². The molecular formula is C28H48N4O2. The SMILES string of the molecule is CC.CCC1CCCCC1.CCNc1cc(C)cc(C(=O)NCc2c(OCC)n[nH]c2C)c1C. The topological polar surface area (TPSA) is 79.0 Å². The van der Waals surface area contributed by atoms with Gasteiger partial charge in [0.15, 0.2) is 0 Å². The minimum absolute atomic E-state index is 0.0987. The summed E-state index contributed by atoms with van der Waals surface area (Å²) in [7, 11) is 0. The second kappa shape index (κ2) is 16.2. The Morgan fingerprint density at radius 3 is 2.32 bits per heavy atom. The summed E-state index contributed by atoms with van der Waals surface area (Å²) in [5.41, 5.74) is 5.46. The highest BCUT2D eigenvalue weighted by molar-refractivity contribution is 5.97. The molecule has 1 aromatic carbocycles. The average Bonchev–Trinajstić information content (AvgIpc) is 3.21. The maximum absolute atomic E-state index is 12.6. The molecule has 1 aromatic heterocycles. The van der Waals surface area contributed by atoms with Gasteiger partial charge in [0.2, 0.25) is 5.88 Å². The van der Waals surface area contributed by atoms with E-state index in [2.05, 4.69) is 33.8 Å². The Bertz CT molecular complexity index is 854. The maximum Gasteiger partial charge on any atom is 0.251 e. The lowest BCUT2D eigenvalue weighted by molar-refractivity contribution is 0.0950. The number of ether oxygens (including phenoxy) is 1. The van der Waals surface area contributed by atoms with Gasteiger partial charge < -0.3 is 15.4 Å². The van der Waals surface area contributed by atoms with Gasteiger partial charge in [-0.05, 0) is 63.8 Å². The van der Waals surface area contributed by atoms with Crippen molar-refractivity contribution < 1.29 is 9.53 Å². The smallest absolute Gasteiger partial charge is 0.251 e. The van der Waals surface area contributed by atoms with Crippen LogP contribution in [0, 0.1) is 26.7 Å². The molecule has 1 aliphatic carbocycles. The summed E-state index contributed by atoms with van der Waals surface area (Å²) >= 11 is 0. The van der Waals surface area contributed by atoms with Crippen molar-refractivity contribution in [3.8, 4) is 5.88 Å². The molecule has 3 N–H and O–H groups in total.